The molecule has 1 aliphatic rings. The van der Waals surface area contributed by atoms with Gasteiger partial charge in [0.1, 0.15) is 10.6 Å². The van der Waals surface area contributed by atoms with Crippen molar-refractivity contribution in [2.24, 2.45) is 0 Å². The fourth-order valence-corrected chi connectivity index (χ4v) is 3.53. The highest BCUT2D eigenvalue weighted by Gasteiger charge is 2.28. The Balaban J connectivity index is 2.07. The molecule has 0 radical (unpaired) electrons. The van der Waals surface area contributed by atoms with E-state index >= 15 is 0 Å². The number of morpholine rings is 1. The minimum Gasteiger partial charge on any atom is -0.394 e. The SMILES string of the molecule is Cc1cc2c(N3CC(CO)OCC3C)nc(Cl)nc2s1. The zero-order valence-corrected chi connectivity index (χ0v) is 12.9. The molecule has 108 valence electrons. The van der Waals surface area contributed by atoms with Gasteiger partial charge in [0, 0.05) is 11.4 Å². The second-order valence-corrected chi connectivity index (χ2v) is 6.60. The summed E-state index contributed by atoms with van der Waals surface area (Å²) < 4.78 is 5.57. The van der Waals surface area contributed by atoms with Gasteiger partial charge in [-0.25, -0.2) is 4.98 Å². The minimum atomic E-state index is -0.185. The lowest BCUT2D eigenvalue weighted by atomic mass is 10.2. The Hall–Kier alpha value is -0.950. The van der Waals surface area contributed by atoms with Crippen LogP contribution < -0.4 is 4.90 Å². The molecule has 0 saturated carbocycles. The molecule has 0 bridgehead atoms. The summed E-state index contributed by atoms with van der Waals surface area (Å²) in [5.41, 5.74) is 0. The van der Waals surface area contributed by atoms with Gasteiger partial charge in [0.25, 0.3) is 0 Å². The van der Waals surface area contributed by atoms with Gasteiger partial charge in [-0.3, -0.25) is 0 Å². The van der Waals surface area contributed by atoms with Crippen LogP contribution in [0, 0.1) is 6.92 Å². The number of thiophene rings is 1. The highest BCUT2D eigenvalue weighted by Crippen LogP contribution is 2.33. The van der Waals surface area contributed by atoms with Crippen LogP contribution in [-0.2, 0) is 4.74 Å². The number of fused-ring (bicyclic) bond motifs is 1. The largest absolute Gasteiger partial charge is 0.394 e. The summed E-state index contributed by atoms with van der Waals surface area (Å²) in [7, 11) is 0. The average molecular weight is 314 g/mol. The van der Waals surface area contributed by atoms with Gasteiger partial charge in [-0.15, -0.1) is 11.3 Å². The highest BCUT2D eigenvalue weighted by molar-refractivity contribution is 7.18. The van der Waals surface area contributed by atoms with Crippen molar-refractivity contribution >= 4 is 39.0 Å². The molecule has 0 aliphatic carbocycles. The lowest BCUT2D eigenvalue weighted by molar-refractivity contribution is -0.0104. The third kappa shape index (κ3) is 2.48. The number of ether oxygens (including phenoxy) is 1. The molecule has 20 heavy (non-hydrogen) atoms. The first kappa shape index (κ1) is 14.0. The van der Waals surface area contributed by atoms with E-state index in [4.69, 9.17) is 16.3 Å². The fourth-order valence-electron chi connectivity index (χ4n) is 2.44. The fraction of sp³-hybridized carbons (Fsp3) is 0.538. The molecule has 1 N–H and O–H groups in total. The van der Waals surface area contributed by atoms with Crippen molar-refractivity contribution in [3.05, 3.63) is 16.2 Å². The van der Waals surface area contributed by atoms with E-state index in [0.717, 1.165) is 16.0 Å². The van der Waals surface area contributed by atoms with Gasteiger partial charge in [0.05, 0.1) is 30.7 Å². The lowest BCUT2D eigenvalue weighted by Crippen LogP contribution is -2.50. The van der Waals surface area contributed by atoms with E-state index in [0.29, 0.717) is 13.2 Å². The maximum absolute atomic E-state index is 9.31. The molecule has 2 aromatic heterocycles. The summed E-state index contributed by atoms with van der Waals surface area (Å²) in [4.78, 5) is 12.9. The third-order valence-electron chi connectivity index (χ3n) is 3.45. The first-order chi connectivity index (χ1) is 9.58. The molecule has 3 heterocycles. The number of hydrogen-bond acceptors (Lipinski definition) is 6. The van der Waals surface area contributed by atoms with Gasteiger partial charge < -0.3 is 14.7 Å². The first-order valence-corrected chi connectivity index (χ1v) is 7.70. The van der Waals surface area contributed by atoms with Crippen molar-refractivity contribution in [2.45, 2.75) is 26.0 Å². The predicted molar refractivity (Wildman–Crippen MR) is 80.8 cm³/mol. The number of aliphatic hydroxyl groups excluding tert-OH is 1. The lowest BCUT2D eigenvalue weighted by Gasteiger charge is -2.38. The molecule has 0 amide bonds. The number of aryl methyl sites for hydroxylation is 1. The van der Waals surface area contributed by atoms with E-state index in [1.54, 1.807) is 11.3 Å². The second-order valence-electron chi connectivity index (χ2n) is 5.03. The van der Waals surface area contributed by atoms with E-state index < -0.39 is 0 Å². The van der Waals surface area contributed by atoms with Crippen LogP contribution in [0.2, 0.25) is 5.28 Å². The van der Waals surface area contributed by atoms with Crippen molar-refractivity contribution in [3.63, 3.8) is 0 Å². The Morgan fingerprint density at radius 1 is 1.55 bits per heavy atom. The third-order valence-corrected chi connectivity index (χ3v) is 4.56. The van der Waals surface area contributed by atoms with Crippen LogP contribution in [0.25, 0.3) is 10.2 Å². The van der Waals surface area contributed by atoms with Crippen LogP contribution >= 0.6 is 22.9 Å². The normalized spacial score (nSPS) is 23.5. The topological polar surface area (TPSA) is 58.5 Å². The molecule has 1 fully saturated rings. The van der Waals surface area contributed by atoms with Gasteiger partial charge in [-0.1, -0.05) is 0 Å². The van der Waals surface area contributed by atoms with Crippen LogP contribution in [-0.4, -0.2) is 47.0 Å². The number of hydrogen-bond donors (Lipinski definition) is 1. The summed E-state index contributed by atoms with van der Waals surface area (Å²) in [6, 6.07) is 2.27. The first-order valence-electron chi connectivity index (χ1n) is 6.51. The molecule has 0 aromatic carbocycles. The molecule has 2 unspecified atom stereocenters. The second kappa shape index (κ2) is 5.44. The molecule has 0 spiro atoms. The van der Waals surface area contributed by atoms with Crippen LogP contribution in [0.15, 0.2) is 6.07 Å². The Labute approximate surface area is 126 Å². The maximum Gasteiger partial charge on any atom is 0.225 e. The molecule has 1 saturated heterocycles. The number of rotatable bonds is 2. The molecule has 2 atom stereocenters. The average Bonchev–Trinajstić information content (AvgIpc) is 2.78. The van der Waals surface area contributed by atoms with Gasteiger partial charge in [-0.05, 0) is 31.5 Å². The molecule has 3 rings (SSSR count). The van der Waals surface area contributed by atoms with Crippen LogP contribution in [0.4, 0.5) is 5.82 Å². The van der Waals surface area contributed by atoms with Crippen molar-refractivity contribution in [1.29, 1.82) is 0 Å². The van der Waals surface area contributed by atoms with Gasteiger partial charge >= 0.3 is 0 Å². The summed E-state index contributed by atoms with van der Waals surface area (Å²) in [5, 5.41) is 10.6. The number of anilines is 1. The van der Waals surface area contributed by atoms with Crippen LogP contribution in [0.1, 0.15) is 11.8 Å². The Kier molecular flexibility index (Phi) is 3.81. The Morgan fingerprint density at radius 3 is 3.10 bits per heavy atom. The molecular formula is C13H16ClN3O2S. The monoisotopic (exact) mass is 313 g/mol. The summed E-state index contributed by atoms with van der Waals surface area (Å²) in [5.74, 6) is 0.832. The van der Waals surface area contributed by atoms with Gasteiger partial charge in [0.2, 0.25) is 5.28 Å². The smallest absolute Gasteiger partial charge is 0.225 e. The predicted octanol–water partition coefficient (Wildman–Crippen LogP) is 2.24. The van der Waals surface area contributed by atoms with E-state index in [-0.39, 0.29) is 24.0 Å². The molecule has 5 nitrogen and oxygen atoms in total. The number of nitrogens with zero attached hydrogens (tertiary/aromatic N) is 3. The van der Waals surface area contributed by atoms with Crippen molar-refractivity contribution < 1.29 is 9.84 Å². The van der Waals surface area contributed by atoms with E-state index in [9.17, 15) is 5.11 Å². The van der Waals surface area contributed by atoms with Crippen molar-refractivity contribution in [2.75, 3.05) is 24.7 Å². The van der Waals surface area contributed by atoms with Crippen molar-refractivity contribution in [3.8, 4) is 0 Å². The van der Waals surface area contributed by atoms with E-state index in [2.05, 4.69) is 27.9 Å². The molecule has 7 heteroatoms. The van der Waals surface area contributed by atoms with Crippen LogP contribution in [0.5, 0.6) is 0 Å². The van der Waals surface area contributed by atoms with Gasteiger partial charge in [0.15, 0.2) is 0 Å². The quantitative estimate of drug-likeness (QED) is 0.862. The summed E-state index contributed by atoms with van der Waals surface area (Å²) in [6.07, 6.45) is -0.185. The molecule has 1 aliphatic heterocycles. The minimum absolute atomic E-state index is 0.00778. The zero-order chi connectivity index (χ0) is 14.3. The van der Waals surface area contributed by atoms with E-state index in [1.807, 2.05) is 6.92 Å². The summed E-state index contributed by atoms with van der Waals surface area (Å²) >= 11 is 7.66. The number of aromatic nitrogens is 2. The maximum atomic E-state index is 9.31. The standard InChI is InChI=1S/C13H16ClN3O2S/c1-7-6-19-9(5-18)4-17(7)11-10-3-8(2)20-12(10)16-13(14)15-11/h3,7,9,18H,4-6H2,1-2H3. The molecule has 2 aromatic rings. The summed E-state index contributed by atoms with van der Waals surface area (Å²) in [6.45, 7) is 5.30. The van der Waals surface area contributed by atoms with E-state index in [1.165, 1.54) is 4.88 Å². The van der Waals surface area contributed by atoms with Crippen molar-refractivity contribution in [1.82, 2.24) is 9.97 Å². The molecular weight excluding hydrogens is 298 g/mol. The highest BCUT2D eigenvalue weighted by atomic mass is 35.5. The number of aliphatic hydroxyl groups is 1. The number of halogens is 1. The Bertz CT molecular complexity index is 633. The van der Waals surface area contributed by atoms with Gasteiger partial charge in [-0.2, -0.15) is 4.98 Å². The zero-order valence-electron chi connectivity index (χ0n) is 11.3. The Morgan fingerprint density at radius 2 is 2.35 bits per heavy atom. The van der Waals surface area contributed by atoms with Crippen LogP contribution in [0.3, 0.4) is 0 Å².